The number of aliphatic hydroxyl groups is 1. The van der Waals surface area contributed by atoms with Gasteiger partial charge in [-0.25, -0.2) is 0 Å². The van der Waals surface area contributed by atoms with E-state index >= 15 is 0 Å². The molecule has 1 aliphatic rings. The number of nitrogens with one attached hydrogen (secondary N) is 1. The van der Waals surface area contributed by atoms with Crippen LogP contribution in [0.3, 0.4) is 0 Å². The molecule has 1 atom stereocenters. The molecule has 1 aliphatic heterocycles. The van der Waals surface area contributed by atoms with Crippen LogP contribution in [-0.2, 0) is 9.53 Å². The molecule has 0 radical (unpaired) electrons. The smallest absolute Gasteiger partial charge is 0.321 e. The molecule has 1 fully saturated rings. The zero-order valence-corrected chi connectivity index (χ0v) is 7.85. The summed E-state index contributed by atoms with van der Waals surface area (Å²) in [6.45, 7) is 0.555. The highest BCUT2D eigenvalue weighted by Gasteiger charge is 2.41. The minimum absolute atomic E-state index is 0.0747. The van der Waals surface area contributed by atoms with Crippen molar-refractivity contribution < 1.29 is 23.4 Å². The maximum Gasteiger partial charge on any atom is 0.321 e. The van der Waals surface area contributed by atoms with Crippen molar-refractivity contribution >= 4 is 5.91 Å². The number of aliphatic hydroxyl groups excluding tert-OH is 1. The standard InChI is InChI=1S/C8H13F2NO3/c1-7(9,10)6(13)11-8(4-12)2-3-14-5-8/h12H,2-5H2,1H3,(H,11,13). The van der Waals surface area contributed by atoms with Crippen LogP contribution in [0.4, 0.5) is 8.78 Å². The van der Waals surface area contributed by atoms with Crippen LogP contribution in [0.1, 0.15) is 13.3 Å². The largest absolute Gasteiger partial charge is 0.394 e. The van der Waals surface area contributed by atoms with Crippen molar-refractivity contribution in [1.29, 1.82) is 0 Å². The number of hydrogen-bond donors (Lipinski definition) is 2. The van der Waals surface area contributed by atoms with Crippen LogP contribution in [-0.4, -0.2) is 42.3 Å². The zero-order chi connectivity index (χ0) is 10.8. The first-order valence-corrected chi connectivity index (χ1v) is 4.29. The van der Waals surface area contributed by atoms with Crippen LogP contribution in [0.5, 0.6) is 0 Å². The van der Waals surface area contributed by atoms with Gasteiger partial charge in [-0.2, -0.15) is 8.78 Å². The number of carbonyl (C=O) groups is 1. The van der Waals surface area contributed by atoms with Gasteiger partial charge in [-0.1, -0.05) is 0 Å². The predicted molar refractivity (Wildman–Crippen MR) is 44.0 cm³/mol. The monoisotopic (exact) mass is 209 g/mol. The Morgan fingerprint density at radius 1 is 1.71 bits per heavy atom. The zero-order valence-electron chi connectivity index (χ0n) is 7.85. The second kappa shape index (κ2) is 3.78. The Balaban J connectivity index is 2.61. The topological polar surface area (TPSA) is 58.6 Å². The van der Waals surface area contributed by atoms with Crippen molar-refractivity contribution in [3.05, 3.63) is 0 Å². The molecule has 0 aromatic heterocycles. The van der Waals surface area contributed by atoms with Gasteiger partial charge in [0.05, 0.1) is 18.8 Å². The number of halogens is 2. The van der Waals surface area contributed by atoms with Gasteiger partial charge in [0.1, 0.15) is 0 Å². The van der Waals surface area contributed by atoms with Gasteiger partial charge in [0.15, 0.2) is 0 Å². The van der Waals surface area contributed by atoms with Crippen molar-refractivity contribution in [2.75, 3.05) is 19.8 Å². The van der Waals surface area contributed by atoms with Gasteiger partial charge in [0.2, 0.25) is 0 Å². The minimum Gasteiger partial charge on any atom is -0.394 e. The van der Waals surface area contributed by atoms with Crippen LogP contribution in [0.2, 0.25) is 0 Å². The molecule has 1 saturated heterocycles. The van der Waals surface area contributed by atoms with Crippen molar-refractivity contribution in [3.8, 4) is 0 Å². The molecule has 1 amide bonds. The van der Waals surface area contributed by atoms with E-state index in [1.54, 1.807) is 0 Å². The maximum atomic E-state index is 12.5. The fraction of sp³-hybridized carbons (Fsp3) is 0.875. The summed E-state index contributed by atoms with van der Waals surface area (Å²) in [6, 6.07) is 0. The van der Waals surface area contributed by atoms with Crippen LogP contribution >= 0.6 is 0 Å². The van der Waals surface area contributed by atoms with E-state index in [0.717, 1.165) is 0 Å². The van der Waals surface area contributed by atoms with Crippen LogP contribution < -0.4 is 5.32 Å². The van der Waals surface area contributed by atoms with Crippen molar-refractivity contribution in [1.82, 2.24) is 5.32 Å². The Hall–Kier alpha value is -0.750. The molecule has 4 nitrogen and oxygen atoms in total. The Bertz CT molecular complexity index is 221. The van der Waals surface area contributed by atoms with E-state index in [2.05, 4.69) is 5.32 Å². The van der Waals surface area contributed by atoms with Gasteiger partial charge in [-0.3, -0.25) is 4.79 Å². The van der Waals surface area contributed by atoms with Crippen molar-refractivity contribution in [3.63, 3.8) is 0 Å². The molecule has 2 N–H and O–H groups in total. The highest BCUT2D eigenvalue weighted by Crippen LogP contribution is 2.20. The second-order valence-corrected chi connectivity index (χ2v) is 3.58. The third-order valence-electron chi connectivity index (χ3n) is 2.18. The Morgan fingerprint density at radius 2 is 2.36 bits per heavy atom. The van der Waals surface area contributed by atoms with Crippen LogP contribution in [0.15, 0.2) is 0 Å². The van der Waals surface area contributed by atoms with E-state index in [1.165, 1.54) is 0 Å². The van der Waals surface area contributed by atoms with Gasteiger partial charge >= 0.3 is 5.92 Å². The quantitative estimate of drug-likeness (QED) is 0.683. The highest BCUT2D eigenvalue weighted by molar-refractivity contribution is 5.83. The van der Waals surface area contributed by atoms with Gasteiger partial charge in [0, 0.05) is 13.5 Å². The Labute approximate surface area is 80.2 Å². The van der Waals surface area contributed by atoms with Gasteiger partial charge in [-0.15, -0.1) is 0 Å². The molecule has 14 heavy (non-hydrogen) atoms. The summed E-state index contributed by atoms with van der Waals surface area (Å²) in [5.41, 5.74) is -1.03. The number of amides is 1. The lowest BCUT2D eigenvalue weighted by Crippen LogP contribution is -2.55. The van der Waals surface area contributed by atoms with E-state index in [1.807, 2.05) is 0 Å². The molecule has 0 spiro atoms. The van der Waals surface area contributed by atoms with E-state index in [9.17, 15) is 13.6 Å². The van der Waals surface area contributed by atoms with E-state index < -0.39 is 24.0 Å². The van der Waals surface area contributed by atoms with Crippen LogP contribution in [0, 0.1) is 0 Å². The summed E-state index contributed by atoms with van der Waals surface area (Å²) in [7, 11) is 0. The number of ether oxygens (including phenoxy) is 1. The van der Waals surface area contributed by atoms with Crippen molar-refractivity contribution in [2.45, 2.75) is 24.8 Å². The molecule has 0 saturated carbocycles. The number of hydrogen-bond acceptors (Lipinski definition) is 3. The number of carbonyl (C=O) groups excluding carboxylic acids is 1. The molecule has 6 heteroatoms. The van der Waals surface area contributed by atoms with E-state index in [0.29, 0.717) is 20.0 Å². The third-order valence-corrected chi connectivity index (χ3v) is 2.18. The summed E-state index contributed by atoms with van der Waals surface area (Å²) < 4.78 is 30.0. The molecule has 0 aromatic carbocycles. The first-order valence-electron chi connectivity index (χ1n) is 4.29. The van der Waals surface area contributed by atoms with Gasteiger partial charge < -0.3 is 15.2 Å². The average Bonchev–Trinajstić information content (AvgIpc) is 2.52. The summed E-state index contributed by atoms with van der Waals surface area (Å²) in [5.74, 6) is -4.80. The Kier molecular flexibility index (Phi) is 3.06. The summed E-state index contributed by atoms with van der Waals surface area (Å²) >= 11 is 0. The Morgan fingerprint density at radius 3 is 2.71 bits per heavy atom. The van der Waals surface area contributed by atoms with E-state index in [-0.39, 0.29) is 6.61 Å². The fourth-order valence-corrected chi connectivity index (χ4v) is 1.22. The molecule has 0 aromatic rings. The molecular weight excluding hydrogens is 196 g/mol. The fourth-order valence-electron chi connectivity index (χ4n) is 1.22. The molecule has 1 heterocycles. The molecule has 1 unspecified atom stereocenters. The normalized spacial score (nSPS) is 27.7. The second-order valence-electron chi connectivity index (χ2n) is 3.58. The first-order chi connectivity index (χ1) is 6.40. The van der Waals surface area contributed by atoms with Gasteiger partial charge in [0.25, 0.3) is 5.91 Å². The molecule has 82 valence electrons. The highest BCUT2D eigenvalue weighted by atomic mass is 19.3. The summed E-state index contributed by atoms with van der Waals surface area (Å²) in [6.07, 6.45) is 0.353. The lowest BCUT2D eigenvalue weighted by Gasteiger charge is -2.27. The minimum atomic E-state index is -3.43. The molecule has 0 bridgehead atoms. The van der Waals surface area contributed by atoms with E-state index in [4.69, 9.17) is 9.84 Å². The number of alkyl halides is 2. The summed E-state index contributed by atoms with van der Waals surface area (Å²) in [4.78, 5) is 11.0. The van der Waals surface area contributed by atoms with Crippen molar-refractivity contribution in [2.24, 2.45) is 0 Å². The first kappa shape index (κ1) is 11.3. The number of rotatable bonds is 3. The summed E-state index contributed by atoms with van der Waals surface area (Å²) in [5, 5.41) is 11.1. The van der Waals surface area contributed by atoms with Gasteiger partial charge in [-0.05, 0) is 6.42 Å². The average molecular weight is 209 g/mol. The predicted octanol–water partition coefficient (Wildman–Crippen LogP) is -0.0908. The maximum absolute atomic E-state index is 12.5. The SMILES string of the molecule is CC(F)(F)C(=O)NC1(CO)CCOC1. The third kappa shape index (κ3) is 2.39. The molecular formula is C8H13F2NO3. The molecule has 1 rings (SSSR count). The van der Waals surface area contributed by atoms with Crippen LogP contribution in [0.25, 0.3) is 0 Å². The lowest BCUT2D eigenvalue weighted by molar-refractivity contribution is -0.145. The lowest BCUT2D eigenvalue weighted by atomic mass is 10.00. The molecule has 0 aliphatic carbocycles.